The number of aromatic nitrogens is 4. The van der Waals surface area contributed by atoms with Crippen LogP contribution in [0.15, 0.2) is 23.2 Å². The van der Waals surface area contributed by atoms with Gasteiger partial charge in [0.1, 0.15) is 5.82 Å². The zero-order chi connectivity index (χ0) is 16.8. The summed E-state index contributed by atoms with van der Waals surface area (Å²) < 4.78 is 62.5. The molecule has 3 rings (SSSR count). The van der Waals surface area contributed by atoms with E-state index >= 15 is 0 Å². The number of hydrogen-bond acceptors (Lipinski definition) is 5. The van der Waals surface area contributed by atoms with Gasteiger partial charge in [-0.15, -0.1) is 5.10 Å². The molecule has 1 aliphatic carbocycles. The number of halogens is 3. The third-order valence-electron chi connectivity index (χ3n) is 3.72. The first kappa shape index (κ1) is 15.9. The molecule has 0 radical (unpaired) electrons. The Labute approximate surface area is 130 Å². The Hall–Kier alpha value is -1.97. The van der Waals surface area contributed by atoms with Gasteiger partial charge in [-0.05, 0) is 25.0 Å². The number of alkyl halides is 3. The van der Waals surface area contributed by atoms with Gasteiger partial charge >= 0.3 is 6.18 Å². The summed E-state index contributed by atoms with van der Waals surface area (Å²) in [6, 6.07) is 2.62. The van der Waals surface area contributed by atoms with E-state index in [0.29, 0.717) is 0 Å². The zero-order valence-corrected chi connectivity index (χ0v) is 12.9. The molecule has 0 amide bonds. The zero-order valence-electron chi connectivity index (χ0n) is 12.1. The molecule has 0 saturated heterocycles. The summed E-state index contributed by atoms with van der Waals surface area (Å²) >= 11 is 0. The van der Waals surface area contributed by atoms with Crippen molar-refractivity contribution in [2.45, 2.75) is 36.3 Å². The van der Waals surface area contributed by atoms with E-state index in [0.717, 1.165) is 36.4 Å². The van der Waals surface area contributed by atoms with E-state index in [2.05, 4.69) is 15.1 Å². The van der Waals surface area contributed by atoms with Gasteiger partial charge in [-0.1, -0.05) is 6.42 Å². The van der Waals surface area contributed by atoms with Crippen molar-refractivity contribution in [2.75, 3.05) is 6.26 Å². The average molecular weight is 346 g/mol. The van der Waals surface area contributed by atoms with Crippen LogP contribution >= 0.6 is 0 Å². The van der Waals surface area contributed by atoms with Gasteiger partial charge in [0, 0.05) is 18.4 Å². The Morgan fingerprint density at radius 2 is 1.96 bits per heavy atom. The van der Waals surface area contributed by atoms with Gasteiger partial charge in [-0.2, -0.15) is 17.9 Å². The molecule has 6 nitrogen and oxygen atoms in total. The number of nitrogens with zero attached hydrogens (tertiary/aromatic N) is 4. The molecule has 2 aromatic rings. The Morgan fingerprint density at radius 3 is 2.39 bits per heavy atom. The standard InChI is InChI=1S/C13H13F3N4O2S/c1-23(21,22)9-5-6-10(17-7-9)20-11(8-3-2-4-8)18-12(19-20)13(14,15)16/h5-8H,2-4H2,1H3. The first-order valence-corrected chi connectivity index (χ1v) is 8.76. The molecule has 0 aliphatic heterocycles. The summed E-state index contributed by atoms with van der Waals surface area (Å²) in [7, 11) is -3.43. The molecule has 2 heterocycles. The molecule has 1 saturated carbocycles. The second-order valence-electron chi connectivity index (χ2n) is 5.46. The average Bonchev–Trinajstić information content (AvgIpc) is 2.80. The molecule has 0 spiro atoms. The van der Waals surface area contributed by atoms with Crippen LogP contribution in [0, 0.1) is 0 Å². The molecule has 1 fully saturated rings. The van der Waals surface area contributed by atoms with Crippen molar-refractivity contribution in [1.29, 1.82) is 0 Å². The van der Waals surface area contributed by atoms with E-state index in [-0.39, 0.29) is 22.5 Å². The lowest BCUT2D eigenvalue weighted by Crippen LogP contribution is -2.16. The highest BCUT2D eigenvalue weighted by Gasteiger charge is 2.39. The van der Waals surface area contributed by atoms with Crippen molar-refractivity contribution in [3.8, 4) is 5.82 Å². The van der Waals surface area contributed by atoms with Crippen LogP contribution in [-0.2, 0) is 16.0 Å². The van der Waals surface area contributed by atoms with E-state index < -0.39 is 21.8 Å². The number of sulfone groups is 1. The van der Waals surface area contributed by atoms with Gasteiger partial charge in [0.2, 0.25) is 0 Å². The first-order valence-electron chi connectivity index (χ1n) is 6.87. The largest absolute Gasteiger partial charge is 0.453 e. The summed E-state index contributed by atoms with van der Waals surface area (Å²) in [6.45, 7) is 0. The van der Waals surface area contributed by atoms with Crippen LogP contribution in [0.5, 0.6) is 0 Å². The molecule has 2 aromatic heterocycles. The van der Waals surface area contributed by atoms with Crippen LogP contribution in [-0.4, -0.2) is 34.4 Å². The molecule has 0 bridgehead atoms. The fraction of sp³-hybridized carbons (Fsp3) is 0.462. The van der Waals surface area contributed by atoms with E-state index in [4.69, 9.17) is 0 Å². The van der Waals surface area contributed by atoms with Gasteiger partial charge in [-0.25, -0.2) is 18.4 Å². The number of hydrogen-bond donors (Lipinski definition) is 0. The molecule has 0 aromatic carbocycles. The summed E-state index contributed by atoms with van der Waals surface area (Å²) in [5.74, 6) is -0.978. The highest BCUT2D eigenvalue weighted by atomic mass is 32.2. The fourth-order valence-electron chi connectivity index (χ4n) is 2.26. The maximum absolute atomic E-state index is 12.9. The lowest BCUT2D eigenvalue weighted by Gasteiger charge is -2.24. The van der Waals surface area contributed by atoms with Gasteiger partial charge in [0.25, 0.3) is 5.82 Å². The van der Waals surface area contributed by atoms with Crippen molar-refractivity contribution in [2.24, 2.45) is 0 Å². The normalized spacial score (nSPS) is 16.3. The third-order valence-corrected chi connectivity index (χ3v) is 4.82. The molecule has 0 N–H and O–H groups in total. The molecule has 0 atom stereocenters. The van der Waals surface area contributed by atoms with Crippen LogP contribution in [0.25, 0.3) is 5.82 Å². The van der Waals surface area contributed by atoms with Crippen molar-refractivity contribution in [3.05, 3.63) is 30.0 Å². The minimum atomic E-state index is -4.64. The molecule has 0 unspecified atom stereocenters. The lowest BCUT2D eigenvalue weighted by atomic mass is 9.85. The van der Waals surface area contributed by atoms with E-state index in [1.165, 1.54) is 12.1 Å². The first-order chi connectivity index (χ1) is 10.7. The van der Waals surface area contributed by atoms with Crippen LogP contribution in [0.4, 0.5) is 13.2 Å². The lowest BCUT2D eigenvalue weighted by molar-refractivity contribution is -0.144. The van der Waals surface area contributed by atoms with Crippen molar-refractivity contribution >= 4 is 9.84 Å². The minimum absolute atomic E-state index is 0.0115. The van der Waals surface area contributed by atoms with Gasteiger partial charge in [-0.3, -0.25) is 0 Å². The summed E-state index contributed by atoms with van der Waals surface area (Å²) in [6.07, 6.45) is -0.0878. The van der Waals surface area contributed by atoms with Crippen LogP contribution in [0.1, 0.15) is 36.8 Å². The second kappa shape index (κ2) is 5.29. The maximum atomic E-state index is 12.9. The summed E-state index contributed by atoms with van der Waals surface area (Å²) in [5.41, 5.74) is 0. The van der Waals surface area contributed by atoms with Gasteiger partial charge in [0.15, 0.2) is 15.7 Å². The predicted molar refractivity (Wildman–Crippen MR) is 73.9 cm³/mol. The fourth-order valence-corrected chi connectivity index (χ4v) is 2.82. The molecule has 10 heteroatoms. The van der Waals surface area contributed by atoms with Crippen LogP contribution in [0.3, 0.4) is 0 Å². The predicted octanol–water partition coefficient (Wildman–Crippen LogP) is 2.35. The highest BCUT2D eigenvalue weighted by molar-refractivity contribution is 7.90. The van der Waals surface area contributed by atoms with Crippen molar-refractivity contribution in [3.63, 3.8) is 0 Å². The summed E-state index contributed by atoms with van der Waals surface area (Å²) in [5, 5.41) is 3.52. The van der Waals surface area contributed by atoms with Crippen molar-refractivity contribution in [1.82, 2.24) is 19.7 Å². The number of pyridine rings is 1. The molecular formula is C13H13F3N4O2S. The Morgan fingerprint density at radius 1 is 1.26 bits per heavy atom. The van der Waals surface area contributed by atoms with Crippen molar-refractivity contribution < 1.29 is 21.6 Å². The Kier molecular flexibility index (Phi) is 3.66. The molecular weight excluding hydrogens is 333 g/mol. The van der Waals surface area contributed by atoms with E-state index in [9.17, 15) is 21.6 Å². The van der Waals surface area contributed by atoms with Gasteiger partial charge < -0.3 is 0 Å². The maximum Gasteiger partial charge on any atom is 0.453 e. The minimum Gasteiger partial charge on any atom is -0.236 e. The third kappa shape index (κ3) is 3.07. The molecule has 124 valence electrons. The SMILES string of the molecule is CS(=O)(=O)c1ccc(-n2nc(C(F)(F)F)nc2C2CCC2)nc1. The Balaban J connectivity index is 2.05. The molecule has 1 aliphatic rings. The van der Waals surface area contributed by atoms with Crippen LogP contribution < -0.4 is 0 Å². The monoisotopic (exact) mass is 346 g/mol. The Bertz CT molecular complexity index is 824. The number of rotatable bonds is 3. The van der Waals surface area contributed by atoms with Crippen LogP contribution in [0.2, 0.25) is 0 Å². The summed E-state index contributed by atoms with van der Waals surface area (Å²) in [4.78, 5) is 7.53. The van der Waals surface area contributed by atoms with E-state index in [1.54, 1.807) is 0 Å². The van der Waals surface area contributed by atoms with E-state index in [1.807, 2.05) is 0 Å². The smallest absolute Gasteiger partial charge is 0.236 e. The highest BCUT2D eigenvalue weighted by Crippen LogP contribution is 2.37. The topological polar surface area (TPSA) is 77.7 Å². The second-order valence-corrected chi connectivity index (χ2v) is 7.47. The molecule has 23 heavy (non-hydrogen) atoms. The quantitative estimate of drug-likeness (QED) is 0.852. The van der Waals surface area contributed by atoms with Gasteiger partial charge in [0.05, 0.1) is 4.90 Å².